The molecule has 3 rings (SSSR count). The summed E-state index contributed by atoms with van der Waals surface area (Å²) in [6.45, 7) is 1.90. The number of amides is 1. The Morgan fingerprint density at radius 3 is 2.83 bits per heavy atom. The number of carbonyl (C=O) groups excluding carboxylic acids is 1. The van der Waals surface area contributed by atoms with E-state index in [0.29, 0.717) is 18.3 Å². The fourth-order valence-corrected chi connectivity index (χ4v) is 2.31. The molecule has 0 aliphatic heterocycles. The first-order valence-electron chi connectivity index (χ1n) is 7.77. The zero-order chi connectivity index (χ0) is 17.1. The Kier molecular flexibility index (Phi) is 4.45. The van der Waals surface area contributed by atoms with Crippen molar-refractivity contribution in [1.82, 2.24) is 25.4 Å². The van der Waals surface area contributed by atoms with Crippen LogP contribution in [0, 0.1) is 0 Å². The number of para-hydroxylation sites is 2. The molecule has 8 heteroatoms. The van der Waals surface area contributed by atoms with Crippen LogP contribution in [0.1, 0.15) is 31.1 Å². The van der Waals surface area contributed by atoms with Crippen molar-refractivity contribution >= 4 is 22.9 Å². The molecular weight excluding hydrogens is 308 g/mol. The highest BCUT2D eigenvalue weighted by Gasteiger charge is 2.15. The molecule has 3 aromatic rings. The quantitative estimate of drug-likeness (QED) is 0.716. The molecule has 0 aliphatic rings. The van der Waals surface area contributed by atoms with Crippen molar-refractivity contribution < 1.29 is 9.32 Å². The molecule has 0 unspecified atom stereocenters. The smallest absolute Gasteiger partial charge is 0.265 e. The molecule has 1 atom stereocenters. The summed E-state index contributed by atoms with van der Waals surface area (Å²) in [6, 6.07) is 7.56. The molecule has 24 heavy (non-hydrogen) atoms. The summed E-state index contributed by atoms with van der Waals surface area (Å²) in [4.78, 5) is 25.8. The number of nitrogens with zero attached hydrogens (tertiary/aromatic N) is 4. The molecule has 2 heterocycles. The van der Waals surface area contributed by atoms with Crippen LogP contribution in [0.5, 0.6) is 0 Å². The Labute approximate surface area is 139 Å². The summed E-state index contributed by atoms with van der Waals surface area (Å²) in [6.07, 6.45) is 0.680. The van der Waals surface area contributed by atoms with E-state index >= 15 is 0 Å². The van der Waals surface area contributed by atoms with Crippen LogP contribution in [-0.4, -0.2) is 40.1 Å². The highest BCUT2D eigenvalue weighted by molar-refractivity contribution is 5.77. The summed E-state index contributed by atoms with van der Waals surface area (Å²) in [7, 11) is 3.66. The number of benzene rings is 1. The molecule has 0 saturated heterocycles. The third kappa shape index (κ3) is 3.53. The number of anilines is 1. The molecule has 0 radical (unpaired) electrons. The molecule has 0 saturated carbocycles. The van der Waals surface area contributed by atoms with E-state index < -0.39 is 0 Å². The van der Waals surface area contributed by atoms with Crippen LogP contribution in [0.25, 0.3) is 11.0 Å². The number of aromatic nitrogens is 4. The Morgan fingerprint density at radius 1 is 1.33 bits per heavy atom. The zero-order valence-corrected chi connectivity index (χ0v) is 13.9. The number of fused-ring (bicyclic) bond motifs is 1. The summed E-state index contributed by atoms with van der Waals surface area (Å²) < 4.78 is 5.10. The predicted octanol–water partition coefficient (Wildman–Crippen LogP) is 1.82. The number of imidazole rings is 1. The number of aromatic amines is 1. The Morgan fingerprint density at radius 2 is 2.12 bits per heavy atom. The summed E-state index contributed by atoms with van der Waals surface area (Å²) in [5.74, 6) is 1.59. The van der Waals surface area contributed by atoms with E-state index in [9.17, 15) is 4.79 Å². The van der Waals surface area contributed by atoms with Crippen molar-refractivity contribution in [2.75, 3.05) is 19.0 Å². The van der Waals surface area contributed by atoms with Crippen LogP contribution < -0.4 is 10.2 Å². The molecule has 126 valence electrons. The predicted molar refractivity (Wildman–Crippen MR) is 89.6 cm³/mol. The van der Waals surface area contributed by atoms with Crippen LogP contribution in [0.2, 0.25) is 0 Å². The summed E-state index contributed by atoms with van der Waals surface area (Å²) in [5.41, 5.74) is 1.84. The fourth-order valence-electron chi connectivity index (χ4n) is 2.31. The molecular formula is C16H20N6O2. The lowest BCUT2D eigenvalue weighted by molar-refractivity contribution is -0.121. The van der Waals surface area contributed by atoms with Crippen LogP contribution >= 0.6 is 0 Å². The largest absolute Gasteiger partial charge is 0.346 e. The van der Waals surface area contributed by atoms with E-state index in [1.165, 1.54) is 0 Å². The van der Waals surface area contributed by atoms with Gasteiger partial charge in [0.1, 0.15) is 5.82 Å². The van der Waals surface area contributed by atoms with Crippen LogP contribution in [0.15, 0.2) is 28.8 Å². The number of hydrogen-bond donors (Lipinski definition) is 2. The number of hydrogen-bond acceptors (Lipinski definition) is 6. The summed E-state index contributed by atoms with van der Waals surface area (Å²) in [5, 5.41) is 6.74. The van der Waals surface area contributed by atoms with Crippen molar-refractivity contribution in [1.29, 1.82) is 0 Å². The normalized spacial score (nSPS) is 12.3. The third-order valence-electron chi connectivity index (χ3n) is 3.62. The second-order valence-electron chi connectivity index (χ2n) is 5.81. The van der Waals surface area contributed by atoms with Gasteiger partial charge in [-0.3, -0.25) is 4.79 Å². The first-order valence-corrected chi connectivity index (χ1v) is 7.77. The number of aryl methyl sites for hydroxylation is 1. The maximum absolute atomic E-state index is 12.1. The van der Waals surface area contributed by atoms with Gasteiger partial charge in [-0.05, 0) is 24.2 Å². The average Bonchev–Trinajstić information content (AvgIpc) is 3.19. The van der Waals surface area contributed by atoms with Gasteiger partial charge in [-0.1, -0.05) is 12.1 Å². The van der Waals surface area contributed by atoms with Gasteiger partial charge in [0.25, 0.3) is 5.95 Å². The molecule has 0 spiro atoms. The van der Waals surface area contributed by atoms with Crippen LogP contribution in [0.4, 0.5) is 5.95 Å². The minimum Gasteiger partial charge on any atom is -0.346 e. The second-order valence-corrected chi connectivity index (χ2v) is 5.81. The van der Waals surface area contributed by atoms with Gasteiger partial charge >= 0.3 is 0 Å². The van der Waals surface area contributed by atoms with Gasteiger partial charge in [-0.25, -0.2) is 4.98 Å². The van der Waals surface area contributed by atoms with E-state index in [4.69, 9.17) is 4.52 Å². The molecule has 1 aromatic carbocycles. The number of carbonyl (C=O) groups is 1. The fraction of sp³-hybridized carbons (Fsp3) is 0.375. The lowest BCUT2D eigenvalue weighted by Crippen LogP contribution is -2.27. The maximum Gasteiger partial charge on any atom is 0.265 e. The third-order valence-corrected chi connectivity index (χ3v) is 3.62. The Bertz CT molecular complexity index is 805. The molecule has 0 aliphatic carbocycles. The Hall–Kier alpha value is -2.90. The topological polar surface area (TPSA) is 99.9 Å². The van der Waals surface area contributed by atoms with Gasteiger partial charge in [0.05, 0.1) is 17.1 Å². The van der Waals surface area contributed by atoms with Crippen molar-refractivity contribution in [2.24, 2.45) is 0 Å². The lowest BCUT2D eigenvalue weighted by Gasteiger charge is -2.10. The van der Waals surface area contributed by atoms with Crippen molar-refractivity contribution in [3.63, 3.8) is 0 Å². The molecule has 0 fully saturated rings. The van der Waals surface area contributed by atoms with E-state index in [0.717, 1.165) is 16.9 Å². The van der Waals surface area contributed by atoms with Crippen LogP contribution in [0.3, 0.4) is 0 Å². The van der Waals surface area contributed by atoms with E-state index in [2.05, 4.69) is 25.4 Å². The van der Waals surface area contributed by atoms with Gasteiger partial charge in [0.15, 0.2) is 0 Å². The molecule has 2 aromatic heterocycles. The Balaban J connectivity index is 1.55. The van der Waals surface area contributed by atoms with Gasteiger partial charge in [0.2, 0.25) is 11.8 Å². The van der Waals surface area contributed by atoms with Crippen LogP contribution in [-0.2, 0) is 11.2 Å². The second kappa shape index (κ2) is 6.69. The van der Waals surface area contributed by atoms with E-state index in [1.54, 1.807) is 4.90 Å². The molecule has 8 nitrogen and oxygen atoms in total. The zero-order valence-electron chi connectivity index (χ0n) is 13.9. The van der Waals surface area contributed by atoms with Gasteiger partial charge < -0.3 is 19.7 Å². The van der Waals surface area contributed by atoms with Gasteiger partial charge in [0, 0.05) is 26.9 Å². The molecule has 0 bridgehead atoms. The van der Waals surface area contributed by atoms with E-state index in [-0.39, 0.29) is 18.4 Å². The minimum absolute atomic E-state index is 0.0902. The monoisotopic (exact) mass is 328 g/mol. The highest BCUT2D eigenvalue weighted by Crippen LogP contribution is 2.15. The standard InChI is InChI=1S/C16H20N6O2/c1-10(15-18-11-6-4-5-7-12(11)19-15)17-13(23)8-9-14-20-16(21-24-14)22(2)3/h4-7,10H,8-9H2,1-3H3,(H,17,23)(H,18,19)/t10-/m0/s1. The van der Waals surface area contributed by atoms with Gasteiger partial charge in [-0.15, -0.1) is 0 Å². The van der Waals surface area contributed by atoms with Crippen molar-refractivity contribution in [3.05, 3.63) is 36.0 Å². The van der Waals surface area contributed by atoms with Gasteiger partial charge in [-0.2, -0.15) is 4.98 Å². The SMILES string of the molecule is C[C@H](NC(=O)CCc1nc(N(C)C)no1)c1nc2ccccc2[nH]1. The number of nitrogens with one attached hydrogen (secondary N) is 2. The first-order chi connectivity index (χ1) is 11.5. The van der Waals surface area contributed by atoms with Crippen molar-refractivity contribution in [2.45, 2.75) is 25.8 Å². The minimum atomic E-state index is -0.204. The summed E-state index contributed by atoms with van der Waals surface area (Å²) >= 11 is 0. The number of H-pyrrole nitrogens is 1. The lowest BCUT2D eigenvalue weighted by atomic mass is 10.2. The average molecular weight is 328 g/mol. The van der Waals surface area contributed by atoms with Crippen molar-refractivity contribution in [3.8, 4) is 0 Å². The first kappa shape index (κ1) is 16.0. The molecule has 2 N–H and O–H groups in total. The highest BCUT2D eigenvalue weighted by atomic mass is 16.5. The number of rotatable bonds is 6. The molecule has 1 amide bonds. The maximum atomic E-state index is 12.1. The van der Waals surface area contributed by atoms with E-state index in [1.807, 2.05) is 45.3 Å².